The van der Waals surface area contributed by atoms with Gasteiger partial charge in [0.15, 0.2) is 6.23 Å². The van der Waals surface area contributed by atoms with Gasteiger partial charge in [-0.05, 0) is 55.8 Å². The average Bonchev–Trinajstić information content (AvgIpc) is 3.31. The number of rotatable bonds is 9. The summed E-state index contributed by atoms with van der Waals surface area (Å²) in [6.07, 6.45) is 4.18. The number of nitrogens with zero attached hydrogens (tertiary/aromatic N) is 3. The van der Waals surface area contributed by atoms with Gasteiger partial charge in [-0.25, -0.2) is 0 Å². The van der Waals surface area contributed by atoms with E-state index in [9.17, 15) is 14.9 Å². The van der Waals surface area contributed by atoms with Crippen LogP contribution < -0.4 is 15.4 Å². The number of amides is 1. The molecule has 0 radical (unpaired) electrons. The molecule has 2 atom stereocenters. The Bertz CT molecular complexity index is 1130. The lowest BCUT2D eigenvalue weighted by molar-refractivity contribution is -0.384. The maximum absolute atomic E-state index is 13.2. The van der Waals surface area contributed by atoms with Crippen LogP contribution in [0.15, 0.2) is 54.7 Å². The second-order valence-electron chi connectivity index (χ2n) is 8.54. The van der Waals surface area contributed by atoms with Gasteiger partial charge in [0.2, 0.25) is 5.91 Å². The first-order chi connectivity index (χ1) is 16.5. The van der Waals surface area contributed by atoms with Crippen LogP contribution in [0.25, 0.3) is 10.9 Å². The van der Waals surface area contributed by atoms with E-state index < -0.39 is 11.2 Å². The standard InChI is InChI=1S/C25H31N5O4/c1-2-3-4-24(31)29-16-15-28(19-5-7-20(8-6-19)30(32)33)23(11-13-26)25(29)34-21-9-10-22-18(17-21)12-14-27-22/h5-10,12,14,17,23,25,27H,2-4,11,13,15-16,26H2,1H3. The Balaban J connectivity index is 1.67. The van der Waals surface area contributed by atoms with Crippen LogP contribution in [0.3, 0.4) is 0 Å². The Labute approximate surface area is 198 Å². The second-order valence-corrected chi connectivity index (χ2v) is 8.54. The molecule has 1 aromatic heterocycles. The zero-order chi connectivity index (χ0) is 24.1. The van der Waals surface area contributed by atoms with Crippen molar-refractivity contribution in [2.45, 2.75) is 44.9 Å². The number of carbonyl (C=O) groups excluding carboxylic acids is 1. The number of H-pyrrole nitrogens is 1. The molecular weight excluding hydrogens is 434 g/mol. The van der Waals surface area contributed by atoms with Gasteiger partial charge >= 0.3 is 0 Å². The van der Waals surface area contributed by atoms with Crippen LogP contribution in [0, 0.1) is 10.1 Å². The Kier molecular flexibility index (Phi) is 7.32. The van der Waals surface area contributed by atoms with Gasteiger partial charge in [0.25, 0.3) is 5.69 Å². The molecule has 1 amide bonds. The third-order valence-electron chi connectivity index (χ3n) is 6.32. The molecule has 9 nitrogen and oxygen atoms in total. The highest BCUT2D eigenvalue weighted by molar-refractivity contribution is 5.81. The third-order valence-corrected chi connectivity index (χ3v) is 6.32. The summed E-state index contributed by atoms with van der Waals surface area (Å²) in [4.78, 5) is 31.0. The molecule has 1 saturated heterocycles. The summed E-state index contributed by atoms with van der Waals surface area (Å²) in [6, 6.07) is 14.1. The smallest absolute Gasteiger partial charge is 0.269 e. The molecule has 0 saturated carbocycles. The predicted molar refractivity (Wildman–Crippen MR) is 132 cm³/mol. The number of hydrogen-bond donors (Lipinski definition) is 2. The first-order valence-corrected chi connectivity index (χ1v) is 11.8. The van der Waals surface area contributed by atoms with Crippen molar-refractivity contribution in [3.63, 3.8) is 0 Å². The number of hydrogen-bond acceptors (Lipinski definition) is 6. The number of unbranched alkanes of at least 4 members (excludes halogenated alkanes) is 1. The molecule has 0 aliphatic carbocycles. The number of nitrogens with two attached hydrogens (primary N) is 1. The Morgan fingerprint density at radius 2 is 2.00 bits per heavy atom. The van der Waals surface area contributed by atoms with E-state index in [0.717, 1.165) is 29.4 Å². The molecule has 9 heteroatoms. The van der Waals surface area contributed by atoms with Crippen molar-refractivity contribution in [3.8, 4) is 5.75 Å². The number of piperazine rings is 1. The van der Waals surface area contributed by atoms with Crippen molar-refractivity contribution in [3.05, 3.63) is 64.8 Å². The zero-order valence-corrected chi connectivity index (χ0v) is 19.4. The lowest BCUT2D eigenvalue weighted by atomic mass is 10.0. The van der Waals surface area contributed by atoms with Crippen molar-refractivity contribution in [1.29, 1.82) is 0 Å². The summed E-state index contributed by atoms with van der Waals surface area (Å²) in [6.45, 7) is 3.58. The van der Waals surface area contributed by atoms with E-state index in [2.05, 4.69) is 16.8 Å². The van der Waals surface area contributed by atoms with Gasteiger partial charge in [-0.1, -0.05) is 13.3 Å². The molecule has 180 valence electrons. The number of nitro groups is 1. The zero-order valence-electron chi connectivity index (χ0n) is 19.4. The van der Waals surface area contributed by atoms with Gasteiger partial charge in [-0.3, -0.25) is 14.9 Å². The fourth-order valence-corrected chi connectivity index (χ4v) is 4.55. The number of carbonyl (C=O) groups is 1. The maximum atomic E-state index is 13.2. The molecule has 3 aromatic rings. The monoisotopic (exact) mass is 465 g/mol. The number of aromatic amines is 1. The van der Waals surface area contributed by atoms with E-state index in [1.54, 1.807) is 12.1 Å². The summed E-state index contributed by atoms with van der Waals surface area (Å²) in [7, 11) is 0. The minimum absolute atomic E-state index is 0.0418. The molecule has 0 bridgehead atoms. The lowest BCUT2D eigenvalue weighted by Crippen LogP contribution is -2.63. The van der Waals surface area contributed by atoms with Crippen LogP contribution in [-0.2, 0) is 4.79 Å². The topological polar surface area (TPSA) is 118 Å². The van der Waals surface area contributed by atoms with Crippen LogP contribution in [0.5, 0.6) is 5.75 Å². The van der Waals surface area contributed by atoms with Gasteiger partial charge in [0, 0.05) is 54.4 Å². The molecule has 3 N–H and O–H groups in total. The minimum atomic E-state index is -0.534. The van der Waals surface area contributed by atoms with E-state index in [-0.39, 0.29) is 17.6 Å². The van der Waals surface area contributed by atoms with E-state index in [1.165, 1.54) is 12.1 Å². The second kappa shape index (κ2) is 10.6. The number of non-ortho nitro benzene ring substituents is 1. The van der Waals surface area contributed by atoms with Crippen LogP contribution in [-0.4, -0.2) is 52.6 Å². The molecular formula is C25H31N5O4. The number of nitro benzene ring substituents is 1. The first kappa shape index (κ1) is 23.6. The largest absolute Gasteiger partial charge is 0.468 e. The summed E-state index contributed by atoms with van der Waals surface area (Å²) in [5.41, 5.74) is 7.90. The molecule has 2 unspecified atom stereocenters. The van der Waals surface area contributed by atoms with E-state index in [4.69, 9.17) is 10.5 Å². The summed E-state index contributed by atoms with van der Waals surface area (Å²) >= 11 is 0. The number of ether oxygens (including phenoxy) is 1. The van der Waals surface area contributed by atoms with Crippen LogP contribution in [0.4, 0.5) is 11.4 Å². The normalized spacial score (nSPS) is 18.3. The van der Waals surface area contributed by atoms with Gasteiger partial charge < -0.3 is 25.3 Å². The predicted octanol–water partition coefficient (Wildman–Crippen LogP) is 4.04. The van der Waals surface area contributed by atoms with E-state index in [0.29, 0.717) is 38.2 Å². The SMILES string of the molecule is CCCCC(=O)N1CCN(c2ccc([N+](=O)[O-])cc2)C(CCN)C1Oc1ccc2[nH]ccc2c1. The summed E-state index contributed by atoms with van der Waals surface area (Å²) < 4.78 is 6.51. The average molecular weight is 466 g/mol. The molecule has 0 spiro atoms. The van der Waals surface area contributed by atoms with Crippen molar-refractivity contribution in [2.75, 3.05) is 24.5 Å². The highest BCUT2D eigenvalue weighted by Gasteiger charge is 2.40. The van der Waals surface area contributed by atoms with Gasteiger partial charge in [0.05, 0.1) is 11.0 Å². The van der Waals surface area contributed by atoms with Gasteiger partial charge in [0.1, 0.15) is 5.75 Å². The Morgan fingerprint density at radius 3 is 2.71 bits per heavy atom. The molecule has 34 heavy (non-hydrogen) atoms. The summed E-state index contributed by atoms with van der Waals surface area (Å²) in [5, 5.41) is 12.1. The van der Waals surface area contributed by atoms with E-state index >= 15 is 0 Å². The van der Waals surface area contributed by atoms with Crippen LogP contribution in [0.2, 0.25) is 0 Å². The minimum Gasteiger partial charge on any atom is -0.468 e. The molecule has 1 aliphatic heterocycles. The van der Waals surface area contributed by atoms with Crippen molar-refractivity contribution in [2.24, 2.45) is 5.73 Å². The fourth-order valence-electron chi connectivity index (χ4n) is 4.55. The van der Waals surface area contributed by atoms with Crippen molar-refractivity contribution in [1.82, 2.24) is 9.88 Å². The Hall–Kier alpha value is -3.59. The van der Waals surface area contributed by atoms with E-state index in [1.807, 2.05) is 35.4 Å². The maximum Gasteiger partial charge on any atom is 0.269 e. The van der Waals surface area contributed by atoms with Crippen molar-refractivity contribution >= 4 is 28.2 Å². The lowest BCUT2D eigenvalue weighted by Gasteiger charge is -2.48. The third kappa shape index (κ3) is 4.99. The number of fused-ring (bicyclic) bond motifs is 1. The molecule has 2 heterocycles. The highest BCUT2D eigenvalue weighted by atomic mass is 16.6. The number of nitrogens with one attached hydrogen (secondary N) is 1. The van der Waals surface area contributed by atoms with Gasteiger partial charge in [-0.15, -0.1) is 0 Å². The molecule has 4 rings (SSSR count). The van der Waals surface area contributed by atoms with Crippen LogP contribution in [0.1, 0.15) is 32.6 Å². The Morgan fingerprint density at radius 1 is 1.21 bits per heavy atom. The molecule has 2 aromatic carbocycles. The van der Waals surface area contributed by atoms with Crippen LogP contribution >= 0.6 is 0 Å². The molecule has 1 aliphatic rings. The number of anilines is 1. The van der Waals surface area contributed by atoms with Crippen molar-refractivity contribution < 1.29 is 14.5 Å². The number of benzene rings is 2. The highest BCUT2D eigenvalue weighted by Crippen LogP contribution is 2.31. The number of aromatic nitrogens is 1. The quantitative estimate of drug-likeness (QED) is 0.364. The van der Waals surface area contributed by atoms with Gasteiger partial charge in [-0.2, -0.15) is 0 Å². The molecule has 1 fully saturated rings. The summed E-state index contributed by atoms with van der Waals surface area (Å²) in [5.74, 6) is 0.748. The fraction of sp³-hybridized carbons (Fsp3) is 0.400. The first-order valence-electron chi connectivity index (χ1n) is 11.8.